The Kier molecular flexibility index (Phi) is 5.09. The van der Waals surface area contributed by atoms with E-state index in [0.717, 1.165) is 10.4 Å². The normalized spacial score (nSPS) is 18.9. The first kappa shape index (κ1) is 18.9. The maximum atomic E-state index is 13.8. The summed E-state index contributed by atoms with van der Waals surface area (Å²) in [5.41, 5.74) is 0. The average Bonchev–Trinajstić information content (AvgIpc) is 3.26. The Morgan fingerprint density at radius 1 is 1.27 bits per heavy atom. The first-order valence-electron chi connectivity index (χ1n) is 7.81. The minimum Gasteiger partial charge on any atom is -0.494 e. The van der Waals surface area contributed by atoms with E-state index in [0.29, 0.717) is 5.76 Å². The van der Waals surface area contributed by atoms with Crippen LogP contribution < -0.4 is 4.74 Å². The lowest BCUT2D eigenvalue weighted by Crippen LogP contribution is -2.32. The number of furan rings is 1. The molecule has 1 aromatic carbocycles. The summed E-state index contributed by atoms with van der Waals surface area (Å²) in [6.45, 7) is -0.114. The molecule has 0 spiro atoms. The Hall–Kier alpha value is -1.91. The van der Waals surface area contributed by atoms with Gasteiger partial charge in [0, 0.05) is 13.1 Å². The molecule has 1 atom stereocenters. The number of benzene rings is 1. The Bertz CT molecular complexity index is 986. The number of hydrogen-bond donors (Lipinski definition) is 0. The predicted octanol–water partition coefficient (Wildman–Crippen LogP) is 1.81. The van der Waals surface area contributed by atoms with E-state index in [4.69, 9.17) is 9.15 Å². The van der Waals surface area contributed by atoms with Crippen molar-refractivity contribution < 1.29 is 30.4 Å². The smallest absolute Gasteiger partial charge is 0.243 e. The summed E-state index contributed by atoms with van der Waals surface area (Å²) in [6.07, 6.45) is 1.56. The summed E-state index contributed by atoms with van der Waals surface area (Å²) in [5, 5.41) is -0.828. The SMILES string of the molecule is COc1ccc(S(=O)(=O)N2CC[C@H](S(=O)(=O)Cc3ccco3)C2)cc1F. The molecule has 0 aliphatic carbocycles. The van der Waals surface area contributed by atoms with Crippen molar-refractivity contribution in [1.29, 1.82) is 0 Å². The van der Waals surface area contributed by atoms with Gasteiger partial charge in [-0.05, 0) is 36.8 Å². The highest BCUT2D eigenvalue weighted by molar-refractivity contribution is 7.91. The van der Waals surface area contributed by atoms with Crippen LogP contribution in [0.5, 0.6) is 5.75 Å². The van der Waals surface area contributed by atoms with Crippen molar-refractivity contribution in [2.24, 2.45) is 0 Å². The van der Waals surface area contributed by atoms with Gasteiger partial charge < -0.3 is 9.15 Å². The third-order valence-electron chi connectivity index (χ3n) is 4.30. The molecule has 3 rings (SSSR count). The topological polar surface area (TPSA) is 93.9 Å². The Morgan fingerprint density at radius 3 is 2.65 bits per heavy atom. The van der Waals surface area contributed by atoms with Crippen LogP contribution in [0.3, 0.4) is 0 Å². The summed E-state index contributed by atoms with van der Waals surface area (Å²) in [4.78, 5) is -0.236. The first-order chi connectivity index (χ1) is 12.2. The Balaban J connectivity index is 1.78. The minimum absolute atomic E-state index is 0.0536. The molecule has 10 heteroatoms. The molecule has 0 amide bonds. The average molecular weight is 403 g/mol. The van der Waals surface area contributed by atoms with E-state index in [1.54, 1.807) is 12.1 Å². The van der Waals surface area contributed by atoms with Crippen LogP contribution in [0.1, 0.15) is 12.2 Å². The number of ether oxygens (including phenoxy) is 1. The summed E-state index contributed by atoms with van der Waals surface area (Å²) in [7, 11) is -6.28. The quantitative estimate of drug-likeness (QED) is 0.730. The summed E-state index contributed by atoms with van der Waals surface area (Å²) < 4.78 is 75.1. The van der Waals surface area contributed by atoms with Crippen molar-refractivity contribution in [2.75, 3.05) is 20.2 Å². The predicted molar refractivity (Wildman–Crippen MR) is 91.4 cm³/mol. The second kappa shape index (κ2) is 7.01. The van der Waals surface area contributed by atoms with Gasteiger partial charge in [-0.2, -0.15) is 4.31 Å². The highest BCUT2D eigenvalue weighted by Crippen LogP contribution is 2.28. The van der Waals surface area contributed by atoms with Gasteiger partial charge in [0.1, 0.15) is 11.5 Å². The molecule has 142 valence electrons. The lowest BCUT2D eigenvalue weighted by molar-refractivity contribution is 0.385. The number of methoxy groups -OCH3 is 1. The zero-order valence-electron chi connectivity index (χ0n) is 14.0. The van der Waals surface area contributed by atoms with Crippen molar-refractivity contribution in [1.82, 2.24) is 4.31 Å². The Morgan fingerprint density at radius 2 is 2.04 bits per heavy atom. The fraction of sp³-hybridized carbons (Fsp3) is 0.375. The lowest BCUT2D eigenvalue weighted by Gasteiger charge is -2.17. The number of nitrogens with zero attached hydrogens (tertiary/aromatic N) is 1. The molecule has 26 heavy (non-hydrogen) atoms. The summed E-state index contributed by atoms with van der Waals surface area (Å²) in [6, 6.07) is 6.49. The highest BCUT2D eigenvalue weighted by atomic mass is 32.2. The van der Waals surface area contributed by atoms with Crippen LogP contribution >= 0.6 is 0 Å². The molecule has 1 aromatic heterocycles. The van der Waals surface area contributed by atoms with Gasteiger partial charge in [-0.25, -0.2) is 21.2 Å². The van der Waals surface area contributed by atoms with Crippen molar-refractivity contribution >= 4 is 19.9 Å². The second-order valence-corrected chi connectivity index (χ2v) is 10.2. The van der Waals surface area contributed by atoms with Crippen molar-refractivity contribution in [3.63, 3.8) is 0 Å². The van der Waals surface area contributed by atoms with E-state index in [9.17, 15) is 21.2 Å². The van der Waals surface area contributed by atoms with E-state index in [2.05, 4.69) is 0 Å². The highest BCUT2D eigenvalue weighted by Gasteiger charge is 2.39. The van der Waals surface area contributed by atoms with E-state index in [1.165, 1.54) is 25.5 Å². The molecule has 0 saturated carbocycles. The number of rotatable bonds is 6. The summed E-state index contributed by atoms with van der Waals surface area (Å²) in [5.74, 6) is -0.835. The second-order valence-electron chi connectivity index (χ2n) is 5.96. The van der Waals surface area contributed by atoms with E-state index < -0.39 is 30.9 Å². The van der Waals surface area contributed by atoms with Crippen LogP contribution in [0.2, 0.25) is 0 Å². The van der Waals surface area contributed by atoms with Gasteiger partial charge in [0.05, 0.1) is 23.5 Å². The zero-order chi connectivity index (χ0) is 18.9. The van der Waals surface area contributed by atoms with Gasteiger partial charge in [0.15, 0.2) is 21.4 Å². The molecule has 0 bridgehead atoms. The van der Waals surface area contributed by atoms with Gasteiger partial charge in [-0.15, -0.1) is 0 Å². The van der Waals surface area contributed by atoms with Crippen LogP contribution in [0.15, 0.2) is 45.9 Å². The molecule has 1 saturated heterocycles. The third-order valence-corrected chi connectivity index (χ3v) is 8.25. The van der Waals surface area contributed by atoms with Crippen LogP contribution in [-0.4, -0.2) is 46.6 Å². The largest absolute Gasteiger partial charge is 0.494 e. The van der Waals surface area contributed by atoms with Crippen molar-refractivity contribution in [2.45, 2.75) is 22.3 Å². The molecule has 0 radical (unpaired) electrons. The van der Waals surface area contributed by atoms with Crippen molar-refractivity contribution in [3.8, 4) is 5.75 Å². The van der Waals surface area contributed by atoms with Crippen LogP contribution in [-0.2, 0) is 25.6 Å². The molecule has 0 unspecified atom stereocenters. The first-order valence-corrected chi connectivity index (χ1v) is 11.0. The molecule has 2 aromatic rings. The third kappa shape index (κ3) is 3.62. The maximum Gasteiger partial charge on any atom is 0.243 e. The van der Waals surface area contributed by atoms with E-state index in [1.807, 2.05) is 0 Å². The molecule has 1 fully saturated rings. The Labute approximate surface area is 151 Å². The number of hydrogen-bond acceptors (Lipinski definition) is 6. The number of sulfone groups is 1. The van der Waals surface area contributed by atoms with Gasteiger partial charge in [-0.1, -0.05) is 0 Å². The minimum atomic E-state index is -3.99. The summed E-state index contributed by atoms with van der Waals surface area (Å²) >= 11 is 0. The zero-order valence-corrected chi connectivity index (χ0v) is 15.6. The lowest BCUT2D eigenvalue weighted by atomic mass is 10.3. The molecule has 0 N–H and O–H groups in total. The standard InChI is InChI=1S/C16H18FNO6S2/c1-23-16-5-4-13(9-15(16)17)26(21,22)18-7-6-14(10-18)25(19,20)11-12-3-2-8-24-12/h2-5,8-9,14H,6-7,10-11H2,1H3/t14-/m0/s1. The van der Waals surface area contributed by atoms with Crippen LogP contribution in [0.4, 0.5) is 4.39 Å². The molecule has 2 heterocycles. The van der Waals surface area contributed by atoms with Gasteiger partial charge >= 0.3 is 0 Å². The van der Waals surface area contributed by atoms with Crippen LogP contribution in [0.25, 0.3) is 0 Å². The molecule has 1 aliphatic heterocycles. The molecule has 1 aliphatic rings. The molecular weight excluding hydrogens is 385 g/mol. The van der Waals surface area contributed by atoms with Gasteiger partial charge in [0.25, 0.3) is 0 Å². The monoisotopic (exact) mass is 403 g/mol. The van der Waals surface area contributed by atoms with E-state index >= 15 is 0 Å². The molecular formula is C16H18FNO6S2. The van der Waals surface area contributed by atoms with Gasteiger partial charge in [-0.3, -0.25) is 0 Å². The van der Waals surface area contributed by atoms with Crippen LogP contribution in [0, 0.1) is 5.82 Å². The maximum absolute atomic E-state index is 13.8. The number of halogens is 1. The molecule has 7 nitrogen and oxygen atoms in total. The number of sulfonamides is 1. The fourth-order valence-electron chi connectivity index (χ4n) is 2.88. The fourth-order valence-corrected chi connectivity index (χ4v) is 6.15. The van der Waals surface area contributed by atoms with Gasteiger partial charge in [0.2, 0.25) is 10.0 Å². The van der Waals surface area contributed by atoms with Crippen molar-refractivity contribution in [3.05, 3.63) is 48.2 Å². The van der Waals surface area contributed by atoms with E-state index in [-0.39, 0.29) is 35.9 Å².